The van der Waals surface area contributed by atoms with E-state index in [9.17, 15) is 0 Å². The number of ether oxygens (including phenoxy) is 2. The summed E-state index contributed by atoms with van der Waals surface area (Å²) in [5.74, 6) is 1.00. The average Bonchev–Trinajstić information content (AvgIpc) is 3.00. The van der Waals surface area contributed by atoms with Crippen molar-refractivity contribution in [2.24, 2.45) is 0 Å². The molecule has 2 nitrogen and oxygen atoms in total. The van der Waals surface area contributed by atoms with Crippen LogP contribution in [0.1, 0.15) is 16.7 Å². The third-order valence-corrected chi connectivity index (χ3v) is 2.72. The largest absolute Gasteiger partial charge is 0.490 e. The van der Waals surface area contributed by atoms with Gasteiger partial charge in [0.25, 0.3) is 0 Å². The molecule has 0 aliphatic carbocycles. The monoisotopic (exact) mass is 218 g/mol. The van der Waals surface area contributed by atoms with Gasteiger partial charge >= 0.3 is 0 Å². The average molecular weight is 218 g/mol. The molecule has 16 heavy (non-hydrogen) atoms. The molecule has 2 heteroatoms. The predicted octanol–water partition coefficient (Wildman–Crippen LogP) is 2.81. The molecule has 1 heterocycles. The van der Waals surface area contributed by atoms with Crippen LogP contribution >= 0.6 is 0 Å². The fraction of sp³-hybridized carbons (Fsp3) is 0.429. The Morgan fingerprint density at radius 2 is 2.06 bits per heavy atom. The highest BCUT2D eigenvalue weighted by Gasteiger charge is 2.23. The van der Waals surface area contributed by atoms with Crippen LogP contribution < -0.4 is 4.74 Å². The Morgan fingerprint density at radius 3 is 2.56 bits per heavy atom. The summed E-state index contributed by atoms with van der Waals surface area (Å²) < 4.78 is 10.9. The van der Waals surface area contributed by atoms with E-state index in [1.165, 1.54) is 16.7 Å². The molecule has 2 rings (SSSR count). The predicted molar refractivity (Wildman–Crippen MR) is 65.1 cm³/mol. The van der Waals surface area contributed by atoms with Crippen LogP contribution in [-0.4, -0.2) is 19.3 Å². The molecule has 0 N–H and O–H groups in total. The second-order valence-electron chi connectivity index (χ2n) is 4.32. The standard InChI is InChI=1S/C14H18O2/c1-4-5-12-6-10(2)14(11(3)7-12)16-9-13-8-15-13/h4,6-7,13H,1,5,8-9H2,2-3H3. The van der Waals surface area contributed by atoms with Gasteiger partial charge in [-0.1, -0.05) is 18.2 Å². The minimum atomic E-state index is 0.312. The van der Waals surface area contributed by atoms with Gasteiger partial charge in [-0.2, -0.15) is 0 Å². The molecule has 86 valence electrons. The number of hydrogen-bond donors (Lipinski definition) is 0. The van der Waals surface area contributed by atoms with E-state index in [2.05, 4.69) is 32.6 Å². The Morgan fingerprint density at radius 1 is 1.44 bits per heavy atom. The first-order chi connectivity index (χ1) is 7.70. The summed E-state index contributed by atoms with van der Waals surface area (Å²) in [6.45, 7) is 9.44. The molecule has 0 radical (unpaired) electrons. The molecule has 1 aromatic rings. The first-order valence-corrected chi connectivity index (χ1v) is 5.66. The molecule has 1 fully saturated rings. The Bertz CT molecular complexity index is 369. The fourth-order valence-corrected chi connectivity index (χ4v) is 1.89. The third-order valence-electron chi connectivity index (χ3n) is 2.72. The number of hydrogen-bond acceptors (Lipinski definition) is 2. The van der Waals surface area contributed by atoms with E-state index in [-0.39, 0.29) is 0 Å². The SMILES string of the molecule is C=CCc1cc(C)c(OCC2CO2)c(C)c1. The quantitative estimate of drug-likeness (QED) is 0.560. The van der Waals surface area contributed by atoms with Crippen LogP contribution in [0.4, 0.5) is 0 Å². The Labute approximate surface area is 96.9 Å². The van der Waals surface area contributed by atoms with Gasteiger partial charge in [-0.15, -0.1) is 6.58 Å². The van der Waals surface area contributed by atoms with Crippen molar-refractivity contribution in [3.8, 4) is 5.75 Å². The molecule has 0 aromatic heterocycles. The molecular weight excluding hydrogens is 200 g/mol. The number of benzene rings is 1. The molecular formula is C14H18O2. The van der Waals surface area contributed by atoms with Crippen LogP contribution in [0.2, 0.25) is 0 Å². The Balaban J connectivity index is 2.12. The van der Waals surface area contributed by atoms with Crippen molar-refractivity contribution in [2.45, 2.75) is 26.4 Å². The van der Waals surface area contributed by atoms with Gasteiger partial charge in [0.2, 0.25) is 0 Å². The molecule has 1 saturated heterocycles. The molecule has 0 saturated carbocycles. The van der Waals surface area contributed by atoms with Gasteiger partial charge in [0, 0.05) is 0 Å². The number of rotatable bonds is 5. The molecule has 0 spiro atoms. The van der Waals surface area contributed by atoms with Gasteiger partial charge in [-0.05, 0) is 37.0 Å². The van der Waals surface area contributed by atoms with Crippen molar-refractivity contribution >= 4 is 0 Å². The lowest BCUT2D eigenvalue weighted by Crippen LogP contribution is -2.06. The van der Waals surface area contributed by atoms with Crippen molar-refractivity contribution in [2.75, 3.05) is 13.2 Å². The summed E-state index contributed by atoms with van der Waals surface area (Å²) in [4.78, 5) is 0. The van der Waals surface area contributed by atoms with Gasteiger partial charge in [0.15, 0.2) is 0 Å². The van der Waals surface area contributed by atoms with Gasteiger partial charge < -0.3 is 9.47 Å². The van der Waals surface area contributed by atoms with Crippen LogP contribution in [-0.2, 0) is 11.2 Å². The Hall–Kier alpha value is -1.28. The van der Waals surface area contributed by atoms with E-state index in [1.807, 2.05) is 6.08 Å². The van der Waals surface area contributed by atoms with E-state index in [1.54, 1.807) is 0 Å². The lowest BCUT2D eigenvalue weighted by Gasteiger charge is -2.12. The maximum absolute atomic E-state index is 5.77. The van der Waals surface area contributed by atoms with Crippen LogP contribution in [0.3, 0.4) is 0 Å². The van der Waals surface area contributed by atoms with Crippen molar-refractivity contribution in [1.29, 1.82) is 0 Å². The first-order valence-electron chi connectivity index (χ1n) is 5.66. The van der Waals surface area contributed by atoms with Gasteiger partial charge in [-0.25, -0.2) is 0 Å². The molecule has 1 aliphatic rings. The number of aryl methyl sites for hydroxylation is 2. The molecule has 1 aliphatic heterocycles. The van der Waals surface area contributed by atoms with E-state index >= 15 is 0 Å². The van der Waals surface area contributed by atoms with Crippen LogP contribution in [0.15, 0.2) is 24.8 Å². The second-order valence-corrected chi connectivity index (χ2v) is 4.32. The lowest BCUT2D eigenvalue weighted by atomic mass is 10.0. The normalized spacial score (nSPS) is 18.2. The van der Waals surface area contributed by atoms with Crippen LogP contribution in [0.5, 0.6) is 5.75 Å². The smallest absolute Gasteiger partial charge is 0.125 e. The zero-order chi connectivity index (χ0) is 11.5. The molecule has 1 atom stereocenters. The van der Waals surface area contributed by atoms with Crippen molar-refractivity contribution in [1.82, 2.24) is 0 Å². The highest BCUT2D eigenvalue weighted by atomic mass is 16.6. The van der Waals surface area contributed by atoms with Gasteiger partial charge in [0.1, 0.15) is 18.5 Å². The number of allylic oxidation sites excluding steroid dienone is 1. The van der Waals surface area contributed by atoms with Crippen molar-refractivity contribution in [3.05, 3.63) is 41.5 Å². The molecule has 0 amide bonds. The molecule has 1 unspecified atom stereocenters. The summed E-state index contributed by atoms with van der Waals surface area (Å²) in [7, 11) is 0. The zero-order valence-corrected chi connectivity index (χ0v) is 9.95. The van der Waals surface area contributed by atoms with E-state index in [0.29, 0.717) is 12.7 Å². The first kappa shape index (κ1) is 11.2. The van der Waals surface area contributed by atoms with Crippen molar-refractivity contribution in [3.63, 3.8) is 0 Å². The molecule has 0 bridgehead atoms. The van der Waals surface area contributed by atoms with Gasteiger partial charge in [0.05, 0.1) is 6.61 Å². The lowest BCUT2D eigenvalue weighted by molar-refractivity contribution is 0.260. The summed E-state index contributed by atoms with van der Waals surface area (Å²) in [5.41, 5.74) is 3.68. The summed E-state index contributed by atoms with van der Waals surface area (Å²) in [6, 6.07) is 4.33. The number of epoxide rings is 1. The van der Waals surface area contributed by atoms with E-state index in [0.717, 1.165) is 18.8 Å². The summed E-state index contributed by atoms with van der Waals surface area (Å²) in [6.07, 6.45) is 3.15. The minimum absolute atomic E-state index is 0.312. The highest BCUT2D eigenvalue weighted by molar-refractivity contribution is 5.43. The fourth-order valence-electron chi connectivity index (χ4n) is 1.89. The molecule has 1 aromatic carbocycles. The van der Waals surface area contributed by atoms with Crippen LogP contribution in [0.25, 0.3) is 0 Å². The Kier molecular flexibility index (Phi) is 3.30. The third kappa shape index (κ3) is 2.64. The zero-order valence-electron chi connectivity index (χ0n) is 9.95. The minimum Gasteiger partial charge on any atom is -0.490 e. The summed E-state index contributed by atoms with van der Waals surface area (Å²) >= 11 is 0. The van der Waals surface area contributed by atoms with Crippen molar-refractivity contribution < 1.29 is 9.47 Å². The van der Waals surface area contributed by atoms with E-state index in [4.69, 9.17) is 9.47 Å². The maximum Gasteiger partial charge on any atom is 0.125 e. The van der Waals surface area contributed by atoms with Gasteiger partial charge in [-0.3, -0.25) is 0 Å². The maximum atomic E-state index is 5.77. The highest BCUT2D eigenvalue weighted by Crippen LogP contribution is 2.26. The van der Waals surface area contributed by atoms with E-state index < -0.39 is 0 Å². The second kappa shape index (κ2) is 4.71. The topological polar surface area (TPSA) is 21.8 Å². The van der Waals surface area contributed by atoms with Crippen LogP contribution in [0, 0.1) is 13.8 Å². The summed E-state index contributed by atoms with van der Waals surface area (Å²) in [5, 5.41) is 0.